The highest BCUT2D eigenvalue weighted by Gasteiger charge is 2.48. The van der Waals surface area contributed by atoms with Gasteiger partial charge in [-0.15, -0.1) is 0 Å². The zero-order valence-electron chi connectivity index (χ0n) is 18.5. The van der Waals surface area contributed by atoms with Crippen LogP contribution in [0.2, 0.25) is 0 Å². The van der Waals surface area contributed by atoms with E-state index in [1.807, 2.05) is 6.20 Å². The van der Waals surface area contributed by atoms with Crippen LogP contribution in [0.15, 0.2) is 36.5 Å². The van der Waals surface area contributed by atoms with E-state index in [2.05, 4.69) is 59.0 Å². The number of amides is 1. The maximum Gasteiger partial charge on any atom is 0.223 e. The Morgan fingerprint density at radius 2 is 1.97 bits per heavy atom. The summed E-state index contributed by atoms with van der Waals surface area (Å²) in [5.74, 6) is 2.39. The van der Waals surface area contributed by atoms with Crippen LogP contribution in [0, 0.1) is 17.8 Å². The van der Waals surface area contributed by atoms with Gasteiger partial charge in [0, 0.05) is 49.7 Å². The summed E-state index contributed by atoms with van der Waals surface area (Å²) in [7, 11) is 0. The first-order chi connectivity index (χ1) is 14.6. The SMILES string of the molecule is CC(C)CC[C@H]1[C@H]2C[C@H](CN(Cc3ccnc4ccccc34)C2)[C@@H]2CCCC(=O)N21. The summed E-state index contributed by atoms with van der Waals surface area (Å²) in [6.45, 7) is 7.85. The van der Waals surface area contributed by atoms with Crippen LogP contribution in [-0.2, 0) is 11.3 Å². The average molecular weight is 406 g/mol. The van der Waals surface area contributed by atoms with E-state index in [9.17, 15) is 4.79 Å². The fourth-order valence-corrected chi connectivity index (χ4v) is 6.41. The average Bonchev–Trinajstić information content (AvgIpc) is 2.74. The molecular weight excluding hydrogens is 370 g/mol. The third-order valence-electron chi connectivity index (χ3n) is 7.75. The lowest BCUT2D eigenvalue weighted by Gasteiger charge is -2.57. The fourth-order valence-electron chi connectivity index (χ4n) is 6.41. The van der Waals surface area contributed by atoms with Gasteiger partial charge in [-0.1, -0.05) is 32.0 Å². The van der Waals surface area contributed by atoms with Crippen LogP contribution in [0.5, 0.6) is 0 Å². The molecule has 3 aliphatic rings. The Morgan fingerprint density at radius 3 is 2.83 bits per heavy atom. The lowest BCUT2D eigenvalue weighted by molar-refractivity contribution is -0.153. The number of hydrogen-bond acceptors (Lipinski definition) is 3. The fraction of sp³-hybridized carbons (Fsp3) is 0.615. The minimum Gasteiger partial charge on any atom is -0.336 e. The standard InChI is InChI=1S/C26H35N3O/c1-18(2)10-11-25-21-14-20(24-8-5-9-26(30)29(24)25)16-28(17-21)15-19-12-13-27-23-7-4-3-6-22(19)23/h3-4,6-7,12-13,18,20-21,24-25H,5,8-11,14-17H2,1-2H3/t20-,21+,24+,25+/m1/s1. The molecule has 1 aromatic heterocycles. The van der Waals surface area contributed by atoms with Crippen LogP contribution in [0.25, 0.3) is 10.9 Å². The molecular formula is C26H35N3O. The molecule has 4 nitrogen and oxygen atoms in total. The molecule has 3 saturated heterocycles. The molecule has 0 saturated carbocycles. The van der Waals surface area contributed by atoms with Gasteiger partial charge in [0.25, 0.3) is 0 Å². The number of aromatic nitrogens is 1. The number of benzene rings is 1. The number of hydrogen-bond donors (Lipinski definition) is 0. The largest absolute Gasteiger partial charge is 0.336 e. The molecule has 0 aliphatic carbocycles. The summed E-state index contributed by atoms with van der Waals surface area (Å²) in [5, 5.41) is 1.28. The van der Waals surface area contributed by atoms with Gasteiger partial charge in [0.05, 0.1) is 5.52 Å². The van der Waals surface area contributed by atoms with Gasteiger partial charge < -0.3 is 4.90 Å². The van der Waals surface area contributed by atoms with Crippen molar-refractivity contribution in [3.63, 3.8) is 0 Å². The van der Waals surface area contributed by atoms with Crippen LogP contribution in [-0.4, -0.2) is 45.9 Å². The highest BCUT2D eigenvalue weighted by atomic mass is 16.2. The number of piperidine rings is 3. The lowest BCUT2D eigenvalue weighted by Crippen LogP contribution is -2.64. The molecule has 160 valence electrons. The van der Waals surface area contributed by atoms with E-state index in [-0.39, 0.29) is 0 Å². The highest BCUT2D eigenvalue weighted by Crippen LogP contribution is 2.43. The van der Waals surface area contributed by atoms with Crippen molar-refractivity contribution >= 4 is 16.8 Å². The van der Waals surface area contributed by atoms with Crippen LogP contribution in [0.1, 0.15) is 57.9 Å². The first-order valence-corrected chi connectivity index (χ1v) is 12.0. The van der Waals surface area contributed by atoms with Crippen molar-refractivity contribution in [2.75, 3.05) is 13.1 Å². The van der Waals surface area contributed by atoms with Gasteiger partial charge in [-0.05, 0) is 67.6 Å². The van der Waals surface area contributed by atoms with E-state index >= 15 is 0 Å². The Kier molecular flexibility index (Phi) is 5.53. The monoisotopic (exact) mass is 405 g/mol. The predicted molar refractivity (Wildman–Crippen MR) is 121 cm³/mol. The van der Waals surface area contributed by atoms with E-state index in [0.29, 0.717) is 35.7 Å². The second-order valence-corrected chi connectivity index (χ2v) is 10.2. The Bertz CT molecular complexity index is 905. The molecule has 2 bridgehead atoms. The third kappa shape index (κ3) is 3.75. The number of likely N-dealkylation sites (tertiary alicyclic amines) is 1. The lowest BCUT2D eigenvalue weighted by atomic mass is 9.70. The second-order valence-electron chi connectivity index (χ2n) is 10.2. The second kappa shape index (κ2) is 8.30. The van der Waals surface area contributed by atoms with Gasteiger partial charge in [0.1, 0.15) is 0 Å². The zero-order valence-corrected chi connectivity index (χ0v) is 18.5. The van der Waals surface area contributed by atoms with Crippen LogP contribution in [0.4, 0.5) is 0 Å². The van der Waals surface area contributed by atoms with Crippen LogP contribution >= 0.6 is 0 Å². The maximum atomic E-state index is 12.9. The number of fused-ring (bicyclic) bond motifs is 5. The first-order valence-electron chi connectivity index (χ1n) is 12.0. The van der Waals surface area contributed by atoms with Gasteiger partial charge in [0.2, 0.25) is 5.91 Å². The Morgan fingerprint density at radius 1 is 1.13 bits per heavy atom. The number of rotatable bonds is 5. The number of carbonyl (C=O) groups excluding carboxylic acids is 1. The summed E-state index contributed by atoms with van der Waals surface area (Å²) in [6, 6.07) is 11.6. The molecule has 1 aromatic carbocycles. The molecule has 30 heavy (non-hydrogen) atoms. The van der Waals surface area contributed by atoms with Crippen LogP contribution in [0.3, 0.4) is 0 Å². The van der Waals surface area contributed by atoms with E-state index in [0.717, 1.165) is 38.0 Å². The number of nitrogens with zero attached hydrogens (tertiary/aromatic N) is 3. The van der Waals surface area contributed by atoms with Crippen LogP contribution < -0.4 is 0 Å². The molecule has 0 unspecified atom stereocenters. The van der Waals surface area contributed by atoms with Crippen molar-refractivity contribution in [3.8, 4) is 0 Å². The molecule has 3 aliphatic heterocycles. The quantitative estimate of drug-likeness (QED) is 0.712. The van der Waals surface area contributed by atoms with Gasteiger partial charge in [0.15, 0.2) is 0 Å². The topological polar surface area (TPSA) is 36.4 Å². The summed E-state index contributed by atoms with van der Waals surface area (Å²) in [6.07, 6.45) is 8.70. The molecule has 4 atom stereocenters. The zero-order chi connectivity index (χ0) is 20.7. The molecule has 1 amide bonds. The van der Waals surface area contributed by atoms with Crippen molar-refractivity contribution in [2.24, 2.45) is 17.8 Å². The number of pyridine rings is 1. The van der Waals surface area contributed by atoms with Crippen molar-refractivity contribution in [1.82, 2.24) is 14.8 Å². The van der Waals surface area contributed by atoms with Crippen molar-refractivity contribution < 1.29 is 4.79 Å². The van der Waals surface area contributed by atoms with Gasteiger partial charge in [-0.2, -0.15) is 0 Å². The minimum atomic E-state index is 0.434. The molecule has 0 spiro atoms. The maximum absolute atomic E-state index is 12.9. The summed E-state index contributed by atoms with van der Waals surface area (Å²) >= 11 is 0. The normalized spacial score (nSPS) is 29.4. The van der Waals surface area contributed by atoms with Gasteiger partial charge in [-0.25, -0.2) is 0 Å². The van der Waals surface area contributed by atoms with Gasteiger partial charge in [-0.3, -0.25) is 14.7 Å². The van der Waals surface area contributed by atoms with Crippen molar-refractivity contribution in [3.05, 3.63) is 42.1 Å². The molecule has 0 N–H and O–H groups in total. The minimum absolute atomic E-state index is 0.434. The summed E-state index contributed by atoms with van der Waals surface area (Å²) < 4.78 is 0. The van der Waals surface area contributed by atoms with E-state index < -0.39 is 0 Å². The highest BCUT2D eigenvalue weighted by molar-refractivity contribution is 5.81. The Balaban J connectivity index is 1.39. The Hall–Kier alpha value is -1.94. The first kappa shape index (κ1) is 20.0. The van der Waals surface area contributed by atoms with E-state index in [1.165, 1.54) is 36.6 Å². The van der Waals surface area contributed by atoms with E-state index in [1.54, 1.807) is 0 Å². The summed E-state index contributed by atoms with van der Waals surface area (Å²) in [5.41, 5.74) is 2.47. The molecule has 4 heteroatoms. The van der Waals surface area contributed by atoms with Gasteiger partial charge >= 0.3 is 0 Å². The van der Waals surface area contributed by atoms with E-state index in [4.69, 9.17) is 0 Å². The molecule has 3 fully saturated rings. The smallest absolute Gasteiger partial charge is 0.223 e. The predicted octanol–water partition coefficient (Wildman–Crippen LogP) is 4.87. The molecule has 5 rings (SSSR count). The van der Waals surface area contributed by atoms with Crippen molar-refractivity contribution in [1.29, 1.82) is 0 Å². The van der Waals surface area contributed by atoms with Crippen molar-refractivity contribution in [2.45, 2.75) is 71.0 Å². The number of carbonyl (C=O) groups is 1. The summed E-state index contributed by atoms with van der Waals surface area (Å²) in [4.78, 5) is 22.5. The molecule has 2 aromatic rings. The molecule has 0 radical (unpaired) electrons. The molecule has 4 heterocycles. The third-order valence-corrected chi connectivity index (χ3v) is 7.75. The Labute approximate surface area is 180 Å². The number of para-hydroxylation sites is 1.